The van der Waals surface area contributed by atoms with E-state index in [0.717, 1.165) is 54.7 Å². The summed E-state index contributed by atoms with van der Waals surface area (Å²) >= 11 is 1.65. The van der Waals surface area contributed by atoms with Crippen LogP contribution in [-0.2, 0) is 11.3 Å². The highest BCUT2D eigenvalue weighted by Crippen LogP contribution is 2.25. The van der Waals surface area contributed by atoms with Gasteiger partial charge in [-0.05, 0) is 52.7 Å². The standard InChI is InChI=1S/C21H32N6O2S/c1-25(2)12-13-30-21-24-23-19(27(21)16-8-7-9-17(14-16)29-4)15-22-20(28)18-10-5-6-11-26(18)3/h7-9,14,18H,5-6,10-13,15H2,1-4H3,(H,22,28). The number of rotatable bonds is 9. The number of nitrogens with one attached hydrogen (secondary N) is 1. The van der Waals surface area contributed by atoms with Crippen LogP contribution in [0, 0.1) is 0 Å². The van der Waals surface area contributed by atoms with Crippen molar-refractivity contribution in [3.8, 4) is 11.4 Å². The highest BCUT2D eigenvalue weighted by molar-refractivity contribution is 7.99. The third-order valence-corrected chi connectivity index (χ3v) is 6.18. The molecule has 1 aliphatic heterocycles. The van der Waals surface area contributed by atoms with Crippen LogP contribution in [0.3, 0.4) is 0 Å². The third-order valence-electron chi connectivity index (χ3n) is 5.28. The number of methoxy groups -OCH3 is 1. The minimum absolute atomic E-state index is 0.0548. The van der Waals surface area contributed by atoms with Crippen molar-refractivity contribution in [3.63, 3.8) is 0 Å². The lowest BCUT2D eigenvalue weighted by molar-refractivity contribution is -0.127. The minimum atomic E-state index is -0.0686. The maximum atomic E-state index is 12.7. The molecule has 1 amide bonds. The van der Waals surface area contributed by atoms with Crippen LogP contribution in [0.15, 0.2) is 29.4 Å². The van der Waals surface area contributed by atoms with E-state index in [-0.39, 0.29) is 11.9 Å². The number of nitrogens with zero attached hydrogens (tertiary/aromatic N) is 5. The molecule has 0 saturated carbocycles. The maximum absolute atomic E-state index is 12.7. The van der Waals surface area contributed by atoms with Crippen LogP contribution in [0.2, 0.25) is 0 Å². The number of ether oxygens (including phenoxy) is 1. The second-order valence-corrected chi connectivity index (χ2v) is 8.86. The fourth-order valence-corrected chi connectivity index (χ4v) is 4.60. The van der Waals surface area contributed by atoms with Crippen LogP contribution in [0.5, 0.6) is 5.75 Å². The smallest absolute Gasteiger partial charge is 0.237 e. The molecule has 1 aromatic heterocycles. The van der Waals surface area contributed by atoms with E-state index in [1.165, 1.54) is 0 Å². The van der Waals surface area contributed by atoms with E-state index < -0.39 is 0 Å². The van der Waals surface area contributed by atoms with E-state index in [1.54, 1.807) is 18.9 Å². The van der Waals surface area contributed by atoms with E-state index in [9.17, 15) is 4.79 Å². The molecule has 1 saturated heterocycles. The van der Waals surface area contributed by atoms with Gasteiger partial charge in [-0.2, -0.15) is 0 Å². The molecule has 1 unspecified atom stereocenters. The Morgan fingerprint density at radius 1 is 1.33 bits per heavy atom. The van der Waals surface area contributed by atoms with Gasteiger partial charge in [0.1, 0.15) is 5.75 Å². The third kappa shape index (κ3) is 5.74. The number of thioether (sulfide) groups is 1. The SMILES string of the molecule is COc1cccc(-n2c(CNC(=O)C3CCCCN3C)nnc2SCCN(C)C)c1. The number of benzene rings is 1. The predicted molar refractivity (Wildman–Crippen MR) is 119 cm³/mol. The molecule has 1 aliphatic rings. The normalized spacial score (nSPS) is 17.3. The number of piperidine rings is 1. The summed E-state index contributed by atoms with van der Waals surface area (Å²) in [7, 11) is 7.77. The second kappa shape index (κ2) is 10.8. The molecule has 2 aromatic rings. The Morgan fingerprint density at radius 2 is 2.17 bits per heavy atom. The van der Waals surface area contributed by atoms with E-state index in [1.807, 2.05) is 35.9 Å². The van der Waals surface area contributed by atoms with Crippen molar-refractivity contribution in [1.82, 2.24) is 29.9 Å². The summed E-state index contributed by atoms with van der Waals surface area (Å²) < 4.78 is 7.40. The Bertz CT molecular complexity index is 841. The summed E-state index contributed by atoms with van der Waals surface area (Å²) in [6.45, 7) is 2.24. The van der Waals surface area contributed by atoms with E-state index in [4.69, 9.17) is 4.74 Å². The molecule has 2 heterocycles. The number of carbonyl (C=O) groups excluding carboxylic acids is 1. The van der Waals surface area contributed by atoms with Crippen molar-refractivity contribution in [1.29, 1.82) is 0 Å². The molecule has 164 valence electrons. The van der Waals surface area contributed by atoms with Gasteiger partial charge in [0.05, 0.1) is 25.4 Å². The molecule has 3 rings (SSSR count). The first kappa shape index (κ1) is 22.6. The lowest BCUT2D eigenvalue weighted by atomic mass is 10.0. The van der Waals surface area contributed by atoms with Crippen LogP contribution in [-0.4, -0.2) is 83.6 Å². The van der Waals surface area contributed by atoms with Gasteiger partial charge in [0.25, 0.3) is 0 Å². The number of carbonyl (C=O) groups is 1. The molecular formula is C21H32N6O2S. The van der Waals surface area contributed by atoms with E-state index >= 15 is 0 Å². The Kier molecular flexibility index (Phi) is 8.12. The van der Waals surface area contributed by atoms with E-state index in [2.05, 4.69) is 39.4 Å². The quantitative estimate of drug-likeness (QED) is 0.608. The molecule has 1 atom stereocenters. The molecule has 9 heteroatoms. The predicted octanol–water partition coefficient (Wildman–Crippen LogP) is 2.03. The molecule has 8 nitrogen and oxygen atoms in total. The zero-order valence-electron chi connectivity index (χ0n) is 18.3. The van der Waals surface area contributed by atoms with Crippen LogP contribution in [0.25, 0.3) is 5.69 Å². The van der Waals surface area contributed by atoms with Gasteiger partial charge < -0.3 is 15.0 Å². The minimum Gasteiger partial charge on any atom is -0.497 e. The van der Waals surface area contributed by atoms with Gasteiger partial charge in [0.15, 0.2) is 11.0 Å². The van der Waals surface area contributed by atoms with Crippen molar-refractivity contribution >= 4 is 17.7 Å². The Morgan fingerprint density at radius 3 is 2.90 bits per heavy atom. The molecule has 0 aliphatic carbocycles. The second-order valence-electron chi connectivity index (χ2n) is 7.80. The molecule has 1 N–H and O–H groups in total. The van der Waals surface area contributed by atoms with Crippen LogP contribution in [0.4, 0.5) is 0 Å². The number of hydrogen-bond acceptors (Lipinski definition) is 7. The zero-order valence-corrected chi connectivity index (χ0v) is 19.1. The van der Waals surface area contributed by atoms with Crippen LogP contribution in [0.1, 0.15) is 25.1 Å². The van der Waals surface area contributed by atoms with Gasteiger partial charge >= 0.3 is 0 Å². The highest BCUT2D eigenvalue weighted by Gasteiger charge is 2.26. The molecule has 1 aromatic carbocycles. The number of amides is 1. The van der Waals surface area contributed by atoms with Crippen molar-refractivity contribution in [2.75, 3.05) is 47.1 Å². The van der Waals surface area contributed by atoms with Gasteiger partial charge in [-0.1, -0.05) is 24.2 Å². The molecular weight excluding hydrogens is 400 g/mol. The van der Waals surface area contributed by atoms with Crippen LogP contribution < -0.4 is 10.1 Å². The fourth-order valence-electron chi connectivity index (χ4n) is 3.53. The molecule has 0 spiro atoms. The number of aromatic nitrogens is 3. The summed E-state index contributed by atoms with van der Waals surface area (Å²) in [6.07, 6.45) is 3.14. The largest absolute Gasteiger partial charge is 0.497 e. The first-order chi connectivity index (χ1) is 14.5. The number of likely N-dealkylation sites (N-methyl/N-ethyl adjacent to an activating group) is 1. The van der Waals surface area contributed by atoms with Gasteiger partial charge in [0.2, 0.25) is 5.91 Å². The maximum Gasteiger partial charge on any atom is 0.237 e. The summed E-state index contributed by atoms with van der Waals surface area (Å²) in [4.78, 5) is 17.0. The Hall–Kier alpha value is -2.10. The first-order valence-electron chi connectivity index (χ1n) is 10.3. The summed E-state index contributed by atoms with van der Waals surface area (Å²) in [6, 6.07) is 7.75. The zero-order chi connectivity index (χ0) is 21.5. The van der Waals surface area contributed by atoms with Crippen molar-refractivity contribution < 1.29 is 9.53 Å². The number of likely N-dealkylation sites (tertiary alicyclic amines) is 1. The van der Waals surface area contributed by atoms with Crippen molar-refractivity contribution in [2.24, 2.45) is 0 Å². The number of hydrogen-bond donors (Lipinski definition) is 1. The van der Waals surface area contributed by atoms with Crippen molar-refractivity contribution in [3.05, 3.63) is 30.1 Å². The van der Waals surface area contributed by atoms with Crippen LogP contribution >= 0.6 is 11.8 Å². The van der Waals surface area contributed by atoms with Gasteiger partial charge in [-0.15, -0.1) is 10.2 Å². The Balaban J connectivity index is 1.78. The van der Waals surface area contributed by atoms with Gasteiger partial charge in [0, 0.05) is 18.4 Å². The molecule has 30 heavy (non-hydrogen) atoms. The van der Waals surface area contributed by atoms with Gasteiger partial charge in [-0.25, -0.2) is 0 Å². The summed E-state index contributed by atoms with van der Waals surface area (Å²) in [5.74, 6) is 2.43. The first-order valence-corrected chi connectivity index (χ1v) is 11.3. The molecule has 0 bridgehead atoms. The highest BCUT2D eigenvalue weighted by atomic mass is 32.2. The lowest BCUT2D eigenvalue weighted by Crippen LogP contribution is -2.47. The topological polar surface area (TPSA) is 75.5 Å². The monoisotopic (exact) mass is 432 g/mol. The average molecular weight is 433 g/mol. The average Bonchev–Trinajstić information content (AvgIpc) is 3.15. The fraction of sp³-hybridized carbons (Fsp3) is 0.571. The molecule has 1 fully saturated rings. The lowest BCUT2D eigenvalue weighted by Gasteiger charge is -2.31. The van der Waals surface area contributed by atoms with Gasteiger partial charge in [-0.3, -0.25) is 14.3 Å². The molecule has 0 radical (unpaired) electrons. The Labute approximate surface area is 183 Å². The summed E-state index contributed by atoms with van der Waals surface area (Å²) in [5.41, 5.74) is 0.922. The van der Waals surface area contributed by atoms with Crippen molar-refractivity contribution in [2.45, 2.75) is 37.0 Å². The van der Waals surface area contributed by atoms with E-state index in [0.29, 0.717) is 12.4 Å². The summed E-state index contributed by atoms with van der Waals surface area (Å²) in [5, 5.41) is 12.7.